The maximum absolute atomic E-state index is 11.6. The molecule has 24 heavy (non-hydrogen) atoms. The molecular weight excluding hydrogens is 308 g/mol. The summed E-state index contributed by atoms with van der Waals surface area (Å²) in [6, 6.07) is 0. The van der Waals surface area contributed by atoms with Crippen LogP contribution in [-0.4, -0.2) is 61.1 Å². The van der Waals surface area contributed by atoms with E-state index < -0.39 is 11.9 Å². The highest BCUT2D eigenvalue weighted by molar-refractivity contribution is 5.82. The van der Waals surface area contributed by atoms with Gasteiger partial charge < -0.3 is 19.3 Å². The molecule has 0 amide bonds. The van der Waals surface area contributed by atoms with Gasteiger partial charge in [0.05, 0.1) is 0 Å². The van der Waals surface area contributed by atoms with E-state index in [4.69, 9.17) is 9.47 Å². The molecule has 0 aromatic carbocycles. The lowest BCUT2D eigenvalue weighted by Crippen LogP contribution is -2.24. The Bertz CT molecular complexity index is 408. The molecule has 0 aliphatic carbocycles. The van der Waals surface area contributed by atoms with Gasteiger partial charge in [-0.25, -0.2) is 9.59 Å². The van der Waals surface area contributed by atoms with Crippen LogP contribution in [0.5, 0.6) is 0 Å². The van der Waals surface area contributed by atoms with Gasteiger partial charge in [0.25, 0.3) is 0 Å². The monoisotopic (exact) mass is 336 g/mol. The average molecular weight is 336 g/mol. The van der Waals surface area contributed by atoms with Gasteiger partial charge in [-0.05, 0) is 38.5 Å². The third kappa shape index (κ3) is 7.53. The number of carbonyl (C=O) groups excluding carboxylic acids is 2. The molecule has 2 fully saturated rings. The zero-order valence-electron chi connectivity index (χ0n) is 14.3. The van der Waals surface area contributed by atoms with Gasteiger partial charge >= 0.3 is 11.9 Å². The number of carbonyl (C=O) groups is 2. The van der Waals surface area contributed by atoms with Crippen molar-refractivity contribution in [3.63, 3.8) is 0 Å². The fourth-order valence-electron chi connectivity index (χ4n) is 2.85. The van der Waals surface area contributed by atoms with Crippen LogP contribution in [0.2, 0.25) is 0 Å². The first-order valence-corrected chi connectivity index (χ1v) is 8.92. The molecule has 0 bridgehead atoms. The Labute approximate surface area is 144 Å². The fourth-order valence-corrected chi connectivity index (χ4v) is 2.85. The number of hydrogen-bond acceptors (Lipinski definition) is 6. The Kier molecular flexibility index (Phi) is 8.21. The highest BCUT2D eigenvalue weighted by Crippen LogP contribution is 2.09. The minimum Gasteiger partial charge on any atom is -0.459 e. The maximum Gasteiger partial charge on any atom is 0.332 e. The standard InChI is InChI=1S/C18H28N2O4/c21-17(7-13-19-9-3-1-4-10-19)23-15-16-24-18(22)8-14-20-11-5-2-6-12-20/h7-8,13-14H,1-6,9-12,15-16H2/b13-7+,14-8+. The van der Waals surface area contributed by atoms with Crippen LogP contribution in [0.4, 0.5) is 0 Å². The number of rotatable bonds is 7. The summed E-state index contributed by atoms with van der Waals surface area (Å²) in [4.78, 5) is 27.4. The molecule has 0 radical (unpaired) electrons. The Hall–Kier alpha value is -1.98. The number of nitrogens with zero attached hydrogens (tertiary/aromatic N) is 2. The third-order valence-electron chi connectivity index (χ3n) is 4.20. The summed E-state index contributed by atoms with van der Waals surface area (Å²) in [6.45, 7) is 4.11. The van der Waals surface area contributed by atoms with Crippen LogP contribution in [0, 0.1) is 0 Å². The molecule has 2 saturated heterocycles. The molecule has 0 spiro atoms. The van der Waals surface area contributed by atoms with Crippen molar-refractivity contribution in [2.45, 2.75) is 38.5 Å². The van der Waals surface area contributed by atoms with Crippen LogP contribution in [-0.2, 0) is 19.1 Å². The Balaban J connectivity index is 1.53. The molecular formula is C18H28N2O4. The first-order chi connectivity index (χ1) is 11.7. The second kappa shape index (κ2) is 10.7. The molecule has 0 atom stereocenters. The van der Waals surface area contributed by atoms with Gasteiger partial charge in [0.15, 0.2) is 0 Å². The Morgan fingerprint density at radius 1 is 0.667 bits per heavy atom. The first kappa shape index (κ1) is 18.4. The minimum absolute atomic E-state index is 0.0759. The lowest BCUT2D eigenvalue weighted by atomic mass is 10.1. The first-order valence-electron chi connectivity index (χ1n) is 8.92. The molecule has 0 aromatic heterocycles. The molecule has 0 saturated carbocycles. The van der Waals surface area contributed by atoms with Crippen LogP contribution in [0.25, 0.3) is 0 Å². The van der Waals surface area contributed by atoms with E-state index in [2.05, 4.69) is 9.80 Å². The predicted molar refractivity (Wildman–Crippen MR) is 91.0 cm³/mol. The predicted octanol–water partition coefficient (Wildman–Crippen LogP) is 2.07. The van der Waals surface area contributed by atoms with Gasteiger partial charge in [0.2, 0.25) is 0 Å². The summed E-state index contributed by atoms with van der Waals surface area (Å²) in [7, 11) is 0. The molecule has 2 heterocycles. The van der Waals surface area contributed by atoms with Crippen molar-refractivity contribution in [1.29, 1.82) is 0 Å². The van der Waals surface area contributed by atoms with Crippen molar-refractivity contribution in [2.75, 3.05) is 39.4 Å². The van der Waals surface area contributed by atoms with Crippen molar-refractivity contribution in [3.8, 4) is 0 Å². The minimum atomic E-state index is -0.402. The van der Waals surface area contributed by atoms with Crippen molar-refractivity contribution in [1.82, 2.24) is 9.80 Å². The van der Waals surface area contributed by atoms with Gasteiger partial charge in [0, 0.05) is 50.7 Å². The van der Waals surface area contributed by atoms with Crippen LogP contribution in [0.15, 0.2) is 24.6 Å². The topological polar surface area (TPSA) is 59.1 Å². The van der Waals surface area contributed by atoms with Crippen LogP contribution in [0.3, 0.4) is 0 Å². The summed E-state index contributed by atoms with van der Waals surface area (Å²) in [5.41, 5.74) is 0. The normalized spacial score (nSPS) is 19.0. The van der Waals surface area contributed by atoms with E-state index in [0.29, 0.717) is 0 Å². The zero-order chi connectivity index (χ0) is 17.0. The summed E-state index contributed by atoms with van der Waals surface area (Å²) >= 11 is 0. The maximum atomic E-state index is 11.6. The number of hydrogen-bond donors (Lipinski definition) is 0. The van der Waals surface area contributed by atoms with Gasteiger partial charge in [-0.15, -0.1) is 0 Å². The van der Waals surface area contributed by atoms with E-state index in [-0.39, 0.29) is 13.2 Å². The molecule has 2 aliphatic rings. The molecule has 134 valence electrons. The number of esters is 2. The largest absolute Gasteiger partial charge is 0.459 e. The Morgan fingerprint density at radius 3 is 1.42 bits per heavy atom. The summed E-state index contributed by atoms with van der Waals surface area (Å²) in [6.07, 6.45) is 13.6. The molecule has 0 N–H and O–H groups in total. The summed E-state index contributed by atoms with van der Waals surface area (Å²) in [5, 5.41) is 0. The molecule has 0 unspecified atom stereocenters. The van der Waals surface area contributed by atoms with Gasteiger partial charge in [-0.3, -0.25) is 0 Å². The molecule has 2 aliphatic heterocycles. The number of piperidine rings is 2. The van der Waals surface area contributed by atoms with Gasteiger partial charge in [-0.1, -0.05) is 0 Å². The van der Waals surface area contributed by atoms with Crippen LogP contribution < -0.4 is 0 Å². The van der Waals surface area contributed by atoms with Gasteiger partial charge in [-0.2, -0.15) is 0 Å². The third-order valence-corrected chi connectivity index (χ3v) is 4.20. The van der Waals surface area contributed by atoms with Crippen molar-refractivity contribution in [3.05, 3.63) is 24.6 Å². The van der Waals surface area contributed by atoms with E-state index in [1.54, 1.807) is 12.4 Å². The van der Waals surface area contributed by atoms with Crippen molar-refractivity contribution in [2.24, 2.45) is 0 Å². The van der Waals surface area contributed by atoms with E-state index in [1.807, 2.05) is 0 Å². The van der Waals surface area contributed by atoms with E-state index >= 15 is 0 Å². The second-order valence-electron chi connectivity index (χ2n) is 6.16. The van der Waals surface area contributed by atoms with Crippen LogP contribution >= 0.6 is 0 Å². The lowest BCUT2D eigenvalue weighted by Gasteiger charge is -2.24. The fraction of sp³-hybridized carbons (Fsp3) is 0.667. The Morgan fingerprint density at radius 2 is 1.04 bits per heavy atom. The molecule has 0 aromatic rings. The van der Waals surface area contributed by atoms with E-state index in [9.17, 15) is 9.59 Å². The highest BCUT2D eigenvalue weighted by atomic mass is 16.6. The van der Waals surface area contributed by atoms with Crippen molar-refractivity contribution < 1.29 is 19.1 Å². The zero-order valence-corrected chi connectivity index (χ0v) is 14.3. The van der Waals surface area contributed by atoms with Crippen LogP contribution in [0.1, 0.15) is 38.5 Å². The second-order valence-corrected chi connectivity index (χ2v) is 6.16. The molecule has 6 heteroatoms. The molecule has 6 nitrogen and oxygen atoms in total. The smallest absolute Gasteiger partial charge is 0.332 e. The average Bonchev–Trinajstić information content (AvgIpc) is 2.63. The van der Waals surface area contributed by atoms with E-state index in [0.717, 1.165) is 26.2 Å². The summed E-state index contributed by atoms with van der Waals surface area (Å²) in [5.74, 6) is -0.805. The highest BCUT2D eigenvalue weighted by Gasteiger charge is 2.07. The SMILES string of the molecule is O=C(/C=C/N1CCCCC1)OCCOC(=O)/C=C/N1CCCCC1. The molecule has 2 rings (SSSR count). The van der Waals surface area contributed by atoms with Gasteiger partial charge in [0.1, 0.15) is 13.2 Å². The van der Waals surface area contributed by atoms with E-state index in [1.165, 1.54) is 50.7 Å². The van der Waals surface area contributed by atoms with Crippen molar-refractivity contribution >= 4 is 11.9 Å². The number of ether oxygens (including phenoxy) is 2. The summed E-state index contributed by atoms with van der Waals surface area (Å²) < 4.78 is 10.0. The lowest BCUT2D eigenvalue weighted by molar-refractivity contribution is -0.146. The number of likely N-dealkylation sites (tertiary alicyclic amines) is 2. The quantitative estimate of drug-likeness (QED) is 0.403.